The van der Waals surface area contributed by atoms with Gasteiger partial charge in [-0.25, -0.2) is 0 Å². The Labute approximate surface area is 111 Å². The zero-order valence-electron chi connectivity index (χ0n) is 10.6. The summed E-state index contributed by atoms with van der Waals surface area (Å²) in [7, 11) is 0. The highest BCUT2D eigenvalue weighted by atomic mass is 16.2. The van der Waals surface area contributed by atoms with Gasteiger partial charge in [-0.2, -0.15) is 0 Å². The minimum atomic E-state index is -0.272. The van der Waals surface area contributed by atoms with E-state index in [9.17, 15) is 9.59 Å². The Morgan fingerprint density at radius 2 is 1.95 bits per heavy atom. The van der Waals surface area contributed by atoms with E-state index in [1.165, 1.54) is 11.1 Å². The molecule has 0 spiro atoms. The normalized spacial score (nSPS) is 26.1. The molecule has 0 radical (unpaired) electrons. The summed E-state index contributed by atoms with van der Waals surface area (Å²) in [6.07, 6.45) is 2.93. The van der Waals surface area contributed by atoms with E-state index in [2.05, 4.69) is 10.6 Å². The van der Waals surface area contributed by atoms with Crippen molar-refractivity contribution in [3.8, 4) is 0 Å². The molecule has 2 amide bonds. The third-order valence-electron chi connectivity index (χ3n) is 3.89. The number of hydrogen-bond acceptors (Lipinski definition) is 4. The number of fused-ring (bicyclic) bond motifs is 1. The Hall–Kier alpha value is -1.88. The van der Waals surface area contributed by atoms with Gasteiger partial charge in [0, 0.05) is 18.2 Å². The molecule has 1 aromatic carbocycles. The summed E-state index contributed by atoms with van der Waals surface area (Å²) in [4.78, 5) is 22.9. The van der Waals surface area contributed by atoms with E-state index in [0.29, 0.717) is 12.8 Å². The molecule has 0 aromatic heterocycles. The molecule has 0 saturated carbocycles. The fraction of sp³-hybridized carbons (Fsp3) is 0.429. The van der Waals surface area contributed by atoms with Crippen molar-refractivity contribution in [2.24, 2.45) is 0 Å². The third kappa shape index (κ3) is 2.33. The van der Waals surface area contributed by atoms with Crippen molar-refractivity contribution in [1.29, 1.82) is 0 Å². The van der Waals surface area contributed by atoms with Crippen molar-refractivity contribution in [1.82, 2.24) is 10.6 Å². The molecule has 3 rings (SSSR count). The molecule has 1 heterocycles. The standard InChI is InChI=1S/C14H17N3O2/c15-9-2-3-10-8(7-9)1-4-11(10)16-12-5-6-13(18)17-14(12)19/h2-3,7,11-12,16H,1,4-6,15H2,(H,17,18,19). The second-order valence-electron chi connectivity index (χ2n) is 5.22. The van der Waals surface area contributed by atoms with Crippen LogP contribution in [0, 0.1) is 0 Å². The van der Waals surface area contributed by atoms with Crippen LogP contribution in [0.4, 0.5) is 5.69 Å². The molecular weight excluding hydrogens is 242 g/mol. The quantitative estimate of drug-likeness (QED) is 0.538. The van der Waals surface area contributed by atoms with Crippen LogP contribution < -0.4 is 16.4 Å². The van der Waals surface area contributed by atoms with Crippen LogP contribution in [0.15, 0.2) is 18.2 Å². The first-order valence-corrected chi connectivity index (χ1v) is 6.61. The number of aryl methyl sites for hydroxylation is 1. The monoisotopic (exact) mass is 259 g/mol. The highest BCUT2D eigenvalue weighted by Crippen LogP contribution is 2.33. The lowest BCUT2D eigenvalue weighted by Crippen LogP contribution is -2.51. The molecule has 1 aliphatic heterocycles. The zero-order valence-corrected chi connectivity index (χ0v) is 10.6. The zero-order chi connectivity index (χ0) is 13.4. The topological polar surface area (TPSA) is 84.2 Å². The second-order valence-corrected chi connectivity index (χ2v) is 5.22. The molecule has 2 atom stereocenters. The molecule has 0 bridgehead atoms. The summed E-state index contributed by atoms with van der Waals surface area (Å²) >= 11 is 0. The first kappa shape index (κ1) is 12.2. The van der Waals surface area contributed by atoms with Gasteiger partial charge in [0.15, 0.2) is 0 Å². The summed E-state index contributed by atoms with van der Waals surface area (Å²) in [5.41, 5.74) is 9.03. The lowest BCUT2D eigenvalue weighted by atomic mass is 10.0. The smallest absolute Gasteiger partial charge is 0.243 e. The Morgan fingerprint density at radius 3 is 2.74 bits per heavy atom. The molecule has 19 heavy (non-hydrogen) atoms. The summed E-state index contributed by atoms with van der Waals surface area (Å²) < 4.78 is 0. The van der Waals surface area contributed by atoms with Crippen LogP contribution in [0.3, 0.4) is 0 Å². The van der Waals surface area contributed by atoms with Crippen molar-refractivity contribution < 1.29 is 9.59 Å². The van der Waals surface area contributed by atoms with Crippen molar-refractivity contribution in [2.75, 3.05) is 5.73 Å². The predicted molar refractivity (Wildman–Crippen MR) is 71.2 cm³/mol. The summed E-state index contributed by atoms with van der Waals surface area (Å²) in [6.45, 7) is 0. The van der Waals surface area contributed by atoms with Gasteiger partial charge in [-0.1, -0.05) is 6.07 Å². The number of imide groups is 1. The van der Waals surface area contributed by atoms with Crippen LogP contribution in [-0.2, 0) is 16.0 Å². The van der Waals surface area contributed by atoms with Crippen LogP contribution in [0.2, 0.25) is 0 Å². The van der Waals surface area contributed by atoms with E-state index in [4.69, 9.17) is 5.73 Å². The molecule has 2 aliphatic rings. The van der Waals surface area contributed by atoms with E-state index in [0.717, 1.165) is 18.5 Å². The molecule has 100 valence electrons. The van der Waals surface area contributed by atoms with Crippen LogP contribution >= 0.6 is 0 Å². The van der Waals surface area contributed by atoms with E-state index in [-0.39, 0.29) is 23.9 Å². The fourth-order valence-electron chi connectivity index (χ4n) is 2.91. The first-order valence-electron chi connectivity index (χ1n) is 6.61. The summed E-state index contributed by atoms with van der Waals surface area (Å²) in [5.74, 6) is -0.386. The lowest BCUT2D eigenvalue weighted by molar-refractivity contribution is -0.134. The van der Waals surface area contributed by atoms with Crippen molar-refractivity contribution >= 4 is 17.5 Å². The average Bonchev–Trinajstić information content (AvgIpc) is 2.75. The van der Waals surface area contributed by atoms with Crippen LogP contribution in [0.1, 0.15) is 36.4 Å². The first-order chi connectivity index (χ1) is 9.13. The van der Waals surface area contributed by atoms with Crippen molar-refractivity contribution in [3.63, 3.8) is 0 Å². The molecule has 2 unspecified atom stereocenters. The molecule has 1 aromatic rings. The number of nitrogen functional groups attached to an aromatic ring is 1. The molecule has 1 fully saturated rings. The highest BCUT2D eigenvalue weighted by molar-refractivity contribution is 6.00. The van der Waals surface area contributed by atoms with Crippen LogP contribution in [0.5, 0.6) is 0 Å². The van der Waals surface area contributed by atoms with E-state index in [1.807, 2.05) is 18.2 Å². The third-order valence-corrected chi connectivity index (χ3v) is 3.89. The van der Waals surface area contributed by atoms with Gasteiger partial charge in [0.2, 0.25) is 11.8 Å². The largest absolute Gasteiger partial charge is 0.399 e. The maximum absolute atomic E-state index is 11.7. The number of rotatable bonds is 2. The number of anilines is 1. The van der Waals surface area contributed by atoms with Gasteiger partial charge >= 0.3 is 0 Å². The molecule has 5 heteroatoms. The number of hydrogen-bond donors (Lipinski definition) is 3. The average molecular weight is 259 g/mol. The summed E-state index contributed by atoms with van der Waals surface area (Å²) in [5, 5.41) is 5.73. The predicted octanol–water partition coefficient (Wildman–Crippen LogP) is 0.651. The SMILES string of the molecule is Nc1ccc2c(c1)CCC2NC1CCC(=O)NC1=O. The van der Waals surface area contributed by atoms with Gasteiger partial charge in [0.25, 0.3) is 0 Å². The number of carbonyl (C=O) groups excluding carboxylic acids is 2. The number of benzene rings is 1. The van der Waals surface area contributed by atoms with E-state index < -0.39 is 0 Å². The number of amides is 2. The van der Waals surface area contributed by atoms with Gasteiger partial charge in [0.1, 0.15) is 0 Å². The van der Waals surface area contributed by atoms with Gasteiger partial charge < -0.3 is 5.73 Å². The molecule has 4 N–H and O–H groups in total. The Bertz CT molecular complexity index is 541. The maximum atomic E-state index is 11.7. The molecule has 1 saturated heterocycles. The molecule has 5 nitrogen and oxygen atoms in total. The fourth-order valence-corrected chi connectivity index (χ4v) is 2.91. The van der Waals surface area contributed by atoms with Crippen LogP contribution in [-0.4, -0.2) is 17.9 Å². The molecular formula is C14H17N3O2. The van der Waals surface area contributed by atoms with E-state index >= 15 is 0 Å². The van der Waals surface area contributed by atoms with Gasteiger partial charge in [-0.15, -0.1) is 0 Å². The Morgan fingerprint density at radius 1 is 1.16 bits per heavy atom. The minimum Gasteiger partial charge on any atom is -0.399 e. The lowest BCUT2D eigenvalue weighted by Gasteiger charge is -2.25. The second kappa shape index (κ2) is 4.66. The minimum absolute atomic E-state index is 0.178. The molecule has 1 aliphatic carbocycles. The van der Waals surface area contributed by atoms with Gasteiger partial charge in [0.05, 0.1) is 6.04 Å². The highest BCUT2D eigenvalue weighted by Gasteiger charge is 2.31. The van der Waals surface area contributed by atoms with Gasteiger partial charge in [-0.3, -0.25) is 20.2 Å². The van der Waals surface area contributed by atoms with Crippen molar-refractivity contribution in [3.05, 3.63) is 29.3 Å². The number of nitrogens with one attached hydrogen (secondary N) is 2. The summed E-state index contributed by atoms with van der Waals surface area (Å²) in [6, 6.07) is 5.83. The number of nitrogens with two attached hydrogens (primary N) is 1. The van der Waals surface area contributed by atoms with Crippen molar-refractivity contribution in [2.45, 2.75) is 37.8 Å². The van der Waals surface area contributed by atoms with Gasteiger partial charge in [-0.05, 0) is 42.5 Å². The Balaban J connectivity index is 1.73. The number of piperidine rings is 1. The Kier molecular flexibility index (Phi) is 2.98. The maximum Gasteiger partial charge on any atom is 0.243 e. The van der Waals surface area contributed by atoms with E-state index in [1.54, 1.807) is 0 Å². The number of carbonyl (C=O) groups is 2. The van der Waals surface area contributed by atoms with Crippen LogP contribution in [0.25, 0.3) is 0 Å².